The quantitative estimate of drug-likeness (QED) is 0.542. The van der Waals surface area contributed by atoms with Crippen LogP contribution in [0, 0.1) is 0 Å². The van der Waals surface area contributed by atoms with Crippen LogP contribution in [0.25, 0.3) is 0 Å². The second-order valence-corrected chi connectivity index (χ2v) is 4.90. The minimum absolute atomic E-state index is 0. The van der Waals surface area contributed by atoms with Crippen LogP contribution < -0.4 is 10.2 Å². The Kier molecular flexibility index (Phi) is 26.9. The third-order valence-corrected chi connectivity index (χ3v) is 3.10. The summed E-state index contributed by atoms with van der Waals surface area (Å²) in [5, 5.41) is 20.9. The van der Waals surface area contributed by atoms with Crippen LogP contribution in [-0.4, -0.2) is 61.1 Å². The van der Waals surface area contributed by atoms with Crippen LogP contribution in [0.1, 0.15) is 39.5 Å². The molecule has 15 heavy (non-hydrogen) atoms. The summed E-state index contributed by atoms with van der Waals surface area (Å²) in [7, 11) is 0. The maximum Gasteiger partial charge on any atom is 2.00 e. The number of thioether (sulfide) groups is 2. The van der Waals surface area contributed by atoms with Gasteiger partial charge in [-0.15, -0.1) is 0 Å². The van der Waals surface area contributed by atoms with Crippen LogP contribution in [0.4, 0.5) is 0 Å². The second-order valence-electron chi connectivity index (χ2n) is 2.91. The summed E-state index contributed by atoms with van der Waals surface area (Å²) < 4.78 is 0. The molecule has 0 aliphatic heterocycles. The van der Waals surface area contributed by atoms with E-state index in [1.807, 2.05) is 26.4 Å². The van der Waals surface area contributed by atoms with Gasteiger partial charge in [-0.2, -0.15) is 23.5 Å². The van der Waals surface area contributed by atoms with Crippen LogP contribution in [0.5, 0.6) is 0 Å². The van der Waals surface area contributed by atoms with E-state index in [-0.39, 0.29) is 48.6 Å². The van der Waals surface area contributed by atoms with E-state index in [9.17, 15) is 10.2 Å². The van der Waals surface area contributed by atoms with Crippen molar-refractivity contribution in [2.45, 2.75) is 50.4 Å². The topological polar surface area (TPSA) is 46.1 Å². The molecule has 0 aromatic rings. The Bertz CT molecular complexity index is 95.4. The summed E-state index contributed by atoms with van der Waals surface area (Å²) in [5.74, 6) is 0. The molecule has 0 bridgehead atoms. The monoisotopic (exact) mass is 278 g/mol. The number of hydrogen-bond donors (Lipinski definition) is 0. The molecule has 0 spiro atoms. The third-order valence-electron chi connectivity index (χ3n) is 1.57. The molecular formula is C10H22CaO2S2. The molecule has 0 aliphatic rings. The minimum Gasteiger partial charge on any atom is -0.844 e. The van der Waals surface area contributed by atoms with Crippen molar-refractivity contribution in [1.29, 1.82) is 0 Å². The van der Waals surface area contributed by atoms with Gasteiger partial charge in [0.15, 0.2) is 0 Å². The predicted molar refractivity (Wildman–Crippen MR) is 70.2 cm³/mol. The van der Waals surface area contributed by atoms with Gasteiger partial charge in [0.25, 0.3) is 0 Å². The van der Waals surface area contributed by atoms with Gasteiger partial charge in [0.2, 0.25) is 0 Å². The summed E-state index contributed by atoms with van der Waals surface area (Å²) in [5.41, 5.74) is -0.769. The van der Waals surface area contributed by atoms with Crippen molar-refractivity contribution < 1.29 is 10.2 Å². The molecule has 0 rings (SSSR count). The van der Waals surface area contributed by atoms with E-state index in [2.05, 4.69) is 0 Å². The predicted octanol–water partition coefficient (Wildman–Crippen LogP) is 1.29. The normalized spacial score (nSPS) is 13.2. The second kappa shape index (κ2) is 18.3. The van der Waals surface area contributed by atoms with Crippen molar-refractivity contribution in [2.75, 3.05) is 12.5 Å². The van der Waals surface area contributed by atoms with E-state index >= 15 is 0 Å². The first-order chi connectivity index (χ1) is 6.62. The van der Waals surface area contributed by atoms with Crippen molar-refractivity contribution in [3.05, 3.63) is 0 Å². The molecule has 0 aliphatic carbocycles. The third kappa shape index (κ3) is 21.7. The van der Waals surface area contributed by atoms with Crippen LogP contribution in [0.15, 0.2) is 0 Å². The molecule has 0 aromatic carbocycles. The SMILES string of the molecule is CCCC([O-])SC.CCCC([O-])SC.[Ca+2]. The molecule has 2 unspecified atom stereocenters. The summed E-state index contributed by atoms with van der Waals surface area (Å²) in [4.78, 5) is 0. The zero-order chi connectivity index (χ0) is 11.4. The molecule has 0 saturated carbocycles. The zero-order valence-corrected chi connectivity index (χ0v) is 14.2. The van der Waals surface area contributed by atoms with E-state index in [1.165, 1.54) is 23.5 Å². The fourth-order valence-electron chi connectivity index (χ4n) is 0.707. The molecule has 88 valence electrons. The molecule has 0 fully saturated rings. The molecule has 0 amide bonds. The maximum atomic E-state index is 10.5. The van der Waals surface area contributed by atoms with E-state index in [0.29, 0.717) is 0 Å². The van der Waals surface area contributed by atoms with Gasteiger partial charge in [-0.25, -0.2) is 0 Å². The molecule has 5 heteroatoms. The molecular weight excluding hydrogens is 256 g/mol. The minimum atomic E-state index is -0.384. The molecule has 0 aromatic heterocycles. The average molecular weight is 278 g/mol. The fourth-order valence-corrected chi connectivity index (χ4v) is 1.65. The number of rotatable bonds is 6. The summed E-state index contributed by atoms with van der Waals surface area (Å²) >= 11 is 2.79. The first-order valence-electron chi connectivity index (χ1n) is 4.99. The van der Waals surface area contributed by atoms with E-state index in [4.69, 9.17) is 0 Å². The molecule has 0 heterocycles. The van der Waals surface area contributed by atoms with E-state index < -0.39 is 0 Å². The maximum absolute atomic E-state index is 10.5. The first-order valence-corrected chi connectivity index (χ1v) is 7.57. The van der Waals surface area contributed by atoms with Crippen molar-refractivity contribution in [2.24, 2.45) is 0 Å². The molecule has 0 saturated heterocycles. The molecule has 0 N–H and O–H groups in total. The van der Waals surface area contributed by atoms with Gasteiger partial charge in [-0.05, 0) is 12.5 Å². The van der Waals surface area contributed by atoms with Crippen LogP contribution in [0.2, 0.25) is 0 Å². The van der Waals surface area contributed by atoms with Gasteiger partial charge in [0.05, 0.1) is 0 Å². The van der Waals surface area contributed by atoms with Crippen LogP contribution in [-0.2, 0) is 0 Å². The molecule has 2 nitrogen and oxygen atoms in total. The largest absolute Gasteiger partial charge is 2.00 e. The van der Waals surface area contributed by atoms with Crippen molar-refractivity contribution in [1.82, 2.24) is 0 Å². The Labute approximate surface area is 133 Å². The Morgan fingerprint density at radius 1 is 0.867 bits per heavy atom. The smallest absolute Gasteiger partial charge is 0.844 e. The molecule has 0 radical (unpaired) electrons. The Morgan fingerprint density at radius 2 is 1.13 bits per heavy atom. The summed E-state index contributed by atoms with van der Waals surface area (Å²) in [6.45, 7) is 4.06. The van der Waals surface area contributed by atoms with Crippen molar-refractivity contribution in [3.63, 3.8) is 0 Å². The van der Waals surface area contributed by atoms with Gasteiger partial charge in [-0.3, -0.25) is 0 Å². The molecule has 2 atom stereocenters. The van der Waals surface area contributed by atoms with Gasteiger partial charge in [0.1, 0.15) is 0 Å². The fraction of sp³-hybridized carbons (Fsp3) is 1.00. The first kappa shape index (κ1) is 22.1. The van der Waals surface area contributed by atoms with Gasteiger partial charge in [-0.1, -0.05) is 50.4 Å². The Morgan fingerprint density at radius 3 is 1.20 bits per heavy atom. The van der Waals surface area contributed by atoms with Crippen LogP contribution in [0.3, 0.4) is 0 Å². The van der Waals surface area contributed by atoms with Gasteiger partial charge >= 0.3 is 37.7 Å². The summed E-state index contributed by atoms with van der Waals surface area (Å²) in [6, 6.07) is 0. The Hall–Kier alpha value is 1.88. The number of hydrogen-bond acceptors (Lipinski definition) is 4. The van der Waals surface area contributed by atoms with Crippen molar-refractivity contribution in [3.8, 4) is 0 Å². The van der Waals surface area contributed by atoms with Gasteiger partial charge in [0, 0.05) is 0 Å². The van der Waals surface area contributed by atoms with E-state index in [0.717, 1.165) is 25.7 Å². The van der Waals surface area contributed by atoms with Crippen LogP contribution >= 0.6 is 23.5 Å². The average Bonchev–Trinajstić information content (AvgIpc) is 2.19. The standard InChI is InChI=1S/2C5H11OS.Ca/c2*1-3-4-5(6)7-2;/h2*5H,3-4H2,1-2H3;/q2*-1;+2. The van der Waals surface area contributed by atoms with Crippen molar-refractivity contribution >= 4 is 61.3 Å². The summed E-state index contributed by atoms with van der Waals surface area (Å²) in [6.07, 6.45) is 7.34. The van der Waals surface area contributed by atoms with Gasteiger partial charge < -0.3 is 10.2 Å². The Balaban J connectivity index is -0.000000180. The van der Waals surface area contributed by atoms with E-state index in [1.54, 1.807) is 0 Å². The zero-order valence-electron chi connectivity index (χ0n) is 10.3.